The van der Waals surface area contributed by atoms with Crippen molar-refractivity contribution in [1.82, 2.24) is 10.2 Å². The number of nitrogens with one attached hydrogen (secondary N) is 1. The molecule has 1 amide bonds. The number of likely N-dealkylation sites (N-methyl/N-ethyl adjacent to an activating group) is 1. The summed E-state index contributed by atoms with van der Waals surface area (Å²) in [6.07, 6.45) is 3.61. The summed E-state index contributed by atoms with van der Waals surface area (Å²) in [7, 11) is 1.92. The van der Waals surface area contributed by atoms with Crippen LogP contribution >= 0.6 is 0 Å². The van der Waals surface area contributed by atoms with Crippen LogP contribution in [0.4, 0.5) is 0 Å². The Morgan fingerprint density at radius 3 is 2.79 bits per heavy atom. The van der Waals surface area contributed by atoms with Crippen molar-refractivity contribution < 1.29 is 4.79 Å². The van der Waals surface area contributed by atoms with Crippen LogP contribution in [0.1, 0.15) is 29.3 Å². The molecule has 0 heterocycles. The Hall–Kier alpha value is -1.61. The number of rotatable bonds is 8. The summed E-state index contributed by atoms with van der Waals surface area (Å²) in [5.74, 6) is 0.105. The molecule has 0 radical (unpaired) electrons. The third kappa shape index (κ3) is 4.52. The first-order chi connectivity index (χ1) is 9.24. The van der Waals surface area contributed by atoms with Gasteiger partial charge in [-0.05, 0) is 38.1 Å². The molecule has 0 bridgehead atoms. The van der Waals surface area contributed by atoms with E-state index in [1.165, 1.54) is 0 Å². The van der Waals surface area contributed by atoms with Crippen molar-refractivity contribution in [2.75, 3.05) is 26.7 Å². The molecular weight excluding hydrogens is 236 g/mol. The molecule has 0 aromatic heterocycles. The van der Waals surface area contributed by atoms with Gasteiger partial charge in [-0.15, -0.1) is 6.58 Å². The van der Waals surface area contributed by atoms with Crippen molar-refractivity contribution >= 4 is 5.91 Å². The number of amides is 1. The van der Waals surface area contributed by atoms with Gasteiger partial charge in [-0.3, -0.25) is 4.79 Å². The zero-order valence-electron chi connectivity index (χ0n) is 12.0. The van der Waals surface area contributed by atoms with Gasteiger partial charge in [0.1, 0.15) is 0 Å². The zero-order valence-corrected chi connectivity index (χ0v) is 12.0. The van der Waals surface area contributed by atoms with Gasteiger partial charge in [0.25, 0.3) is 5.91 Å². The van der Waals surface area contributed by atoms with E-state index in [9.17, 15) is 4.79 Å². The highest BCUT2D eigenvalue weighted by molar-refractivity contribution is 5.95. The van der Waals surface area contributed by atoms with Crippen molar-refractivity contribution in [1.29, 1.82) is 0 Å². The van der Waals surface area contributed by atoms with Gasteiger partial charge in [0.15, 0.2) is 0 Å². The molecule has 3 heteroatoms. The minimum atomic E-state index is 0.105. The van der Waals surface area contributed by atoms with Gasteiger partial charge in [0, 0.05) is 18.7 Å². The lowest BCUT2D eigenvalue weighted by molar-refractivity contribution is 0.0773. The molecule has 0 aliphatic rings. The van der Waals surface area contributed by atoms with Crippen molar-refractivity contribution in [3.8, 4) is 0 Å². The Bertz CT molecular complexity index is 415. The van der Waals surface area contributed by atoms with Crippen LogP contribution in [0.5, 0.6) is 0 Å². The van der Waals surface area contributed by atoms with Gasteiger partial charge in [0.2, 0.25) is 0 Å². The van der Waals surface area contributed by atoms with E-state index in [1.54, 1.807) is 6.08 Å². The lowest BCUT2D eigenvalue weighted by Crippen LogP contribution is -2.32. The Morgan fingerprint density at radius 1 is 1.42 bits per heavy atom. The largest absolute Gasteiger partial charge is 0.335 e. The van der Waals surface area contributed by atoms with E-state index < -0.39 is 0 Å². The molecule has 1 rings (SSSR count). The second-order valence-electron chi connectivity index (χ2n) is 4.55. The number of carbonyl (C=O) groups is 1. The molecule has 0 fully saturated rings. The maximum atomic E-state index is 12.6. The zero-order chi connectivity index (χ0) is 14.1. The minimum Gasteiger partial charge on any atom is -0.335 e. The van der Waals surface area contributed by atoms with Gasteiger partial charge in [-0.25, -0.2) is 0 Å². The standard InChI is InChI=1S/C16H24N2O/c1-4-12-18(13-5-2)16(19)15-9-7-6-8-14(15)10-11-17-3/h4,6-9,17H,1,5,10-13H2,2-3H3. The maximum Gasteiger partial charge on any atom is 0.254 e. The average molecular weight is 260 g/mol. The Morgan fingerprint density at radius 2 is 2.16 bits per heavy atom. The summed E-state index contributed by atoms with van der Waals surface area (Å²) in [4.78, 5) is 14.4. The maximum absolute atomic E-state index is 12.6. The topological polar surface area (TPSA) is 32.3 Å². The fourth-order valence-corrected chi connectivity index (χ4v) is 2.08. The van der Waals surface area contributed by atoms with E-state index in [4.69, 9.17) is 0 Å². The Balaban J connectivity index is 2.92. The summed E-state index contributed by atoms with van der Waals surface area (Å²) in [6.45, 7) is 8.05. The summed E-state index contributed by atoms with van der Waals surface area (Å²) in [5.41, 5.74) is 1.92. The summed E-state index contributed by atoms with van der Waals surface area (Å²) >= 11 is 0. The van der Waals surface area contributed by atoms with E-state index in [2.05, 4.69) is 18.8 Å². The normalized spacial score (nSPS) is 10.2. The van der Waals surface area contributed by atoms with Gasteiger partial charge >= 0.3 is 0 Å². The van der Waals surface area contributed by atoms with Crippen LogP contribution in [0.3, 0.4) is 0 Å². The fourth-order valence-electron chi connectivity index (χ4n) is 2.08. The SMILES string of the molecule is C=CCN(CCC)C(=O)c1ccccc1CCNC. The fraction of sp³-hybridized carbons (Fsp3) is 0.438. The molecule has 0 saturated carbocycles. The molecule has 104 valence electrons. The highest BCUT2D eigenvalue weighted by Gasteiger charge is 2.16. The van der Waals surface area contributed by atoms with E-state index in [0.717, 1.165) is 37.1 Å². The molecule has 0 aliphatic heterocycles. The first-order valence-electron chi connectivity index (χ1n) is 6.87. The number of benzene rings is 1. The molecule has 1 N–H and O–H groups in total. The Kier molecular flexibility index (Phi) is 6.90. The van der Waals surface area contributed by atoms with Crippen LogP contribution in [0.25, 0.3) is 0 Å². The number of hydrogen-bond acceptors (Lipinski definition) is 2. The summed E-state index contributed by atoms with van der Waals surface area (Å²) < 4.78 is 0. The molecule has 0 unspecified atom stereocenters. The van der Waals surface area contributed by atoms with Crippen LogP contribution in [-0.4, -0.2) is 37.5 Å². The molecule has 0 saturated heterocycles. The average Bonchev–Trinajstić information content (AvgIpc) is 2.44. The smallest absolute Gasteiger partial charge is 0.254 e. The van der Waals surface area contributed by atoms with Gasteiger partial charge < -0.3 is 10.2 Å². The highest BCUT2D eigenvalue weighted by Crippen LogP contribution is 2.13. The monoisotopic (exact) mass is 260 g/mol. The van der Waals surface area contributed by atoms with Crippen molar-refractivity contribution in [3.05, 3.63) is 48.0 Å². The number of carbonyl (C=O) groups excluding carboxylic acids is 1. The molecule has 3 nitrogen and oxygen atoms in total. The van der Waals surface area contributed by atoms with Gasteiger partial charge in [0.05, 0.1) is 0 Å². The van der Waals surface area contributed by atoms with E-state index >= 15 is 0 Å². The van der Waals surface area contributed by atoms with Crippen LogP contribution in [0.15, 0.2) is 36.9 Å². The van der Waals surface area contributed by atoms with Gasteiger partial charge in [-0.1, -0.05) is 31.2 Å². The molecule has 1 aromatic rings. The third-order valence-electron chi connectivity index (χ3n) is 3.02. The van der Waals surface area contributed by atoms with Crippen molar-refractivity contribution in [3.63, 3.8) is 0 Å². The van der Waals surface area contributed by atoms with Crippen LogP contribution < -0.4 is 5.32 Å². The molecule has 0 atom stereocenters. The van der Waals surface area contributed by atoms with Gasteiger partial charge in [-0.2, -0.15) is 0 Å². The Labute approximate surface area is 116 Å². The minimum absolute atomic E-state index is 0.105. The third-order valence-corrected chi connectivity index (χ3v) is 3.02. The second-order valence-corrected chi connectivity index (χ2v) is 4.55. The first-order valence-corrected chi connectivity index (χ1v) is 6.87. The molecule has 1 aromatic carbocycles. The number of nitrogens with zero attached hydrogens (tertiary/aromatic N) is 1. The summed E-state index contributed by atoms with van der Waals surface area (Å²) in [6, 6.07) is 7.86. The lowest BCUT2D eigenvalue weighted by Gasteiger charge is -2.22. The summed E-state index contributed by atoms with van der Waals surface area (Å²) in [5, 5.41) is 3.12. The number of hydrogen-bond donors (Lipinski definition) is 1. The van der Waals surface area contributed by atoms with Crippen LogP contribution in [0, 0.1) is 0 Å². The van der Waals surface area contributed by atoms with Crippen LogP contribution in [0.2, 0.25) is 0 Å². The van der Waals surface area contributed by atoms with E-state index in [1.807, 2.05) is 36.2 Å². The lowest BCUT2D eigenvalue weighted by atomic mass is 10.0. The molecular formula is C16H24N2O. The van der Waals surface area contributed by atoms with Crippen LogP contribution in [-0.2, 0) is 6.42 Å². The van der Waals surface area contributed by atoms with Crippen molar-refractivity contribution in [2.24, 2.45) is 0 Å². The molecule has 0 spiro atoms. The molecule has 0 aliphatic carbocycles. The van der Waals surface area contributed by atoms with Crippen molar-refractivity contribution in [2.45, 2.75) is 19.8 Å². The van der Waals surface area contributed by atoms with E-state index in [-0.39, 0.29) is 5.91 Å². The molecule has 19 heavy (non-hydrogen) atoms. The van der Waals surface area contributed by atoms with E-state index in [0.29, 0.717) is 6.54 Å². The second kappa shape index (κ2) is 8.48. The quantitative estimate of drug-likeness (QED) is 0.728. The highest BCUT2D eigenvalue weighted by atomic mass is 16.2. The predicted octanol–water partition coefficient (Wildman–Crippen LogP) is 2.49. The predicted molar refractivity (Wildman–Crippen MR) is 80.5 cm³/mol. The first kappa shape index (κ1) is 15.4.